The third kappa shape index (κ3) is 4.05. The van der Waals surface area contributed by atoms with Crippen molar-refractivity contribution in [3.63, 3.8) is 0 Å². The highest BCUT2D eigenvalue weighted by molar-refractivity contribution is 9.10. The van der Waals surface area contributed by atoms with Gasteiger partial charge in [-0.25, -0.2) is 4.98 Å². The summed E-state index contributed by atoms with van der Waals surface area (Å²) in [5.41, 5.74) is -0.693. The molecular formula is C17H9BrF3N3O2. The first-order chi connectivity index (χ1) is 12.4. The van der Waals surface area contributed by atoms with Crippen molar-refractivity contribution in [2.24, 2.45) is 0 Å². The Morgan fingerprint density at radius 3 is 2.54 bits per heavy atom. The molecule has 0 atom stereocenters. The maximum atomic E-state index is 13.2. The van der Waals surface area contributed by atoms with E-state index in [0.717, 1.165) is 0 Å². The molecule has 0 amide bonds. The maximum Gasteiger partial charge on any atom is 0.433 e. The molecular weight excluding hydrogens is 415 g/mol. The van der Waals surface area contributed by atoms with Crippen molar-refractivity contribution in [2.75, 3.05) is 0 Å². The number of alkyl halides is 3. The summed E-state index contributed by atoms with van der Waals surface area (Å²) in [5.74, 6) is -0.371. The number of carbonyl (C=O) groups excluding carboxylic acids is 1. The zero-order chi connectivity index (χ0) is 18.7. The summed E-state index contributed by atoms with van der Waals surface area (Å²) in [6.07, 6.45) is -2.67. The molecule has 3 rings (SSSR count). The fourth-order valence-corrected chi connectivity index (χ4v) is 2.37. The summed E-state index contributed by atoms with van der Waals surface area (Å²) in [5, 5.41) is 0. The first-order valence-corrected chi connectivity index (χ1v) is 7.96. The Bertz CT molecular complexity index is 950. The van der Waals surface area contributed by atoms with Crippen LogP contribution in [0.3, 0.4) is 0 Å². The molecule has 1 aromatic carbocycles. The Balaban J connectivity index is 2.05. The van der Waals surface area contributed by atoms with E-state index in [1.807, 2.05) is 0 Å². The highest BCUT2D eigenvalue weighted by atomic mass is 79.9. The van der Waals surface area contributed by atoms with E-state index in [0.29, 0.717) is 16.8 Å². The number of hydrogen-bond donors (Lipinski definition) is 0. The van der Waals surface area contributed by atoms with Gasteiger partial charge in [0.2, 0.25) is 5.88 Å². The molecule has 0 radical (unpaired) electrons. The van der Waals surface area contributed by atoms with Gasteiger partial charge in [0.25, 0.3) is 0 Å². The van der Waals surface area contributed by atoms with E-state index in [-0.39, 0.29) is 28.7 Å². The lowest BCUT2D eigenvalue weighted by Crippen LogP contribution is -2.10. The second-order valence-corrected chi connectivity index (χ2v) is 5.89. The molecule has 2 heterocycles. The number of ether oxygens (including phenoxy) is 1. The van der Waals surface area contributed by atoms with Gasteiger partial charge in [-0.3, -0.25) is 9.78 Å². The van der Waals surface area contributed by atoms with Crippen LogP contribution in [0.4, 0.5) is 13.2 Å². The van der Waals surface area contributed by atoms with Crippen LogP contribution in [0.25, 0.3) is 11.5 Å². The van der Waals surface area contributed by atoms with Crippen molar-refractivity contribution >= 4 is 22.2 Å². The van der Waals surface area contributed by atoms with Gasteiger partial charge in [0, 0.05) is 22.3 Å². The number of benzene rings is 1. The number of halogens is 4. The monoisotopic (exact) mass is 423 g/mol. The van der Waals surface area contributed by atoms with Gasteiger partial charge in [-0.15, -0.1) is 0 Å². The number of carbonyl (C=O) groups is 1. The summed E-state index contributed by atoms with van der Waals surface area (Å²) in [4.78, 5) is 22.5. The standard InChI is InChI=1S/C17H9BrF3N3O2/c18-12-5-4-11(7-10(12)9-25)26-15-8-14(17(19,20)21)23-16(24-15)13-3-1-2-6-22-13/h1-9H. The third-order valence-corrected chi connectivity index (χ3v) is 3.93. The SMILES string of the molecule is O=Cc1cc(Oc2cc(C(F)(F)F)nc(-c3ccccn3)n2)ccc1Br. The molecule has 0 aliphatic heterocycles. The lowest BCUT2D eigenvalue weighted by molar-refractivity contribution is -0.141. The minimum Gasteiger partial charge on any atom is -0.439 e. The second-order valence-electron chi connectivity index (χ2n) is 5.03. The molecule has 0 saturated heterocycles. The van der Waals surface area contributed by atoms with E-state index in [1.165, 1.54) is 24.4 Å². The van der Waals surface area contributed by atoms with Crippen molar-refractivity contribution < 1.29 is 22.7 Å². The zero-order valence-corrected chi connectivity index (χ0v) is 14.5. The predicted octanol–water partition coefficient (Wildman–Crippen LogP) is 4.92. The van der Waals surface area contributed by atoms with E-state index >= 15 is 0 Å². The summed E-state index contributed by atoms with van der Waals surface area (Å²) in [6.45, 7) is 0. The number of nitrogens with zero attached hydrogens (tertiary/aromatic N) is 3. The van der Waals surface area contributed by atoms with Crippen LogP contribution in [0.15, 0.2) is 53.1 Å². The molecule has 132 valence electrons. The van der Waals surface area contributed by atoms with Crippen molar-refractivity contribution in [3.8, 4) is 23.1 Å². The average Bonchev–Trinajstić information content (AvgIpc) is 2.63. The van der Waals surface area contributed by atoms with Gasteiger partial charge < -0.3 is 4.74 Å². The van der Waals surface area contributed by atoms with Gasteiger partial charge >= 0.3 is 6.18 Å². The number of hydrogen-bond acceptors (Lipinski definition) is 5. The molecule has 0 spiro atoms. The molecule has 3 aromatic rings. The summed E-state index contributed by atoms with van der Waals surface area (Å²) < 4.78 is 45.4. The van der Waals surface area contributed by atoms with Crippen molar-refractivity contribution in [1.82, 2.24) is 15.0 Å². The first kappa shape index (κ1) is 18.0. The summed E-state index contributed by atoms with van der Waals surface area (Å²) in [7, 11) is 0. The van der Waals surface area contributed by atoms with E-state index in [9.17, 15) is 18.0 Å². The van der Waals surface area contributed by atoms with Gasteiger partial charge in [-0.1, -0.05) is 22.0 Å². The summed E-state index contributed by atoms with van der Waals surface area (Å²) in [6, 6.07) is 9.83. The van der Waals surface area contributed by atoms with Gasteiger partial charge in [0.15, 0.2) is 17.8 Å². The maximum absolute atomic E-state index is 13.2. The van der Waals surface area contributed by atoms with Gasteiger partial charge in [0.05, 0.1) is 0 Å². The molecule has 0 bridgehead atoms. The highest BCUT2D eigenvalue weighted by Gasteiger charge is 2.34. The van der Waals surface area contributed by atoms with E-state index in [2.05, 4.69) is 30.9 Å². The molecule has 26 heavy (non-hydrogen) atoms. The number of aldehydes is 1. The molecule has 9 heteroatoms. The average molecular weight is 424 g/mol. The molecule has 0 fully saturated rings. The molecule has 0 unspecified atom stereocenters. The minimum atomic E-state index is -4.68. The molecule has 5 nitrogen and oxygen atoms in total. The van der Waals surface area contributed by atoms with Crippen LogP contribution in [0.1, 0.15) is 16.1 Å². The fraction of sp³-hybridized carbons (Fsp3) is 0.0588. The van der Waals surface area contributed by atoms with Crippen LogP contribution in [0, 0.1) is 0 Å². The van der Waals surface area contributed by atoms with Crippen LogP contribution < -0.4 is 4.74 Å². The third-order valence-electron chi connectivity index (χ3n) is 3.20. The quantitative estimate of drug-likeness (QED) is 0.556. The van der Waals surface area contributed by atoms with E-state index in [1.54, 1.807) is 18.2 Å². The molecule has 0 saturated carbocycles. The molecule has 0 aliphatic rings. The Kier molecular flexibility index (Phi) is 4.99. The van der Waals surface area contributed by atoms with Gasteiger partial charge in [-0.05, 0) is 30.3 Å². The Morgan fingerprint density at radius 1 is 1.08 bits per heavy atom. The van der Waals surface area contributed by atoms with Crippen LogP contribution in [0.2, 0.25) is 0 Å². The lowest BCUT2D eigenvalue weighted by atomic mass is 10.2. The first-order valence-electron chi connectivity index (χ1n) is 7.17. The largest absolute Gasteiger partial charge is 0.439 e. The van der Waals surface area contributed by atoms with Gasteiger partial charge in [0.1, 0.15) is 11.4 Å². The van der Waals surface area contributed by atoms with Gasteiger partial charge in [-0.2, -0.15) is 18.2 Å². The number of rotatable bonds is 4. The molecule has 0 N–H and O–H groups in total. The lowest BCUT2D eigenvalue weighted by Gasteiger charge is -2.11. The van der Waals surface area contributed by atoms with E-state index < -0.39 is 11.9 Å². The molecule has 0 aliphatic carbocycles. The zero-order valence-electron chi connectivity index (χ0n) is 12.9. The number of pyridine rings is 1. The minimum absolute atomic E-state index is 0.161. The fourth-order valence-electron chi connectivity index (χ4n) is 2.03. The highest BCUT2D eigenvalue weighted by Crippen LogP contribution is 2.33. The van der Waals surface area contributed by atoms with E-state index in [4.69, 9.17) is 4.74 Å². The molecule has 2 aromatic heterocycles. The van der Waals surface area contributed by atoms with Crippen molar-refractivity contribution in [1.29, 1.82) is 0 Å². The van der Waals surface area contributed by atoms with Crippen LogP contribution in [-0.2, 0) is 6.18 Å². The van der Waals surface area contributed by atoms with Crippen molar-refractivity contribution in [3.05, 3.63) is 64.4 Å². The Labute approximate surface area is 154 Å². The second kappa shape index (κ2) is 7.20. The van der Waals surface area contributed by atoms with Crippen LogP contribution in [-0.4, -0.2) is 21.2 Å². The number of aromatic nitrogens is 3. The van der Waals surface area contributed by atoms with Crippen LogP contribution >= 0.6 is 15.9 Å². The smallest absolute Gasteiger partial charge is 0.433 e. The normalized spacial score (nSPS) is 11.2. The Hall–Kier alpha value is -2.81. The predicted molar refractivity (Wildman–Crippen MR) is 89.9 cm³/mol. The summed E-state index contributed by atoms with van der Waals surface area (Å²) >= 11 is 3.19. The topological polar surface area (TPSA) is 65.0 Å². The Morgan fingerprint density at radius 2 is 1.88 bits per heavy atom. The van der Waals surface area contributed by atoms with Crippen LogP contribution in [0.5, 0.6) is 11.6 Å². The van der Waals surface area contributed by atoms with Crippen molar-refractivity contribution in [2.45, 2.75) is 6.18 Å².